The summed E-state index contributed by atoms with van der Waals surface area (Å²) >= 11 is 0. The zero-order valence-corrected chi connectivity index (χ0v) is 14.9. The van der Waals surface area contributed by atoms with E-state index >= 15 is 0 Å². The van der Waals surface area contributed by atoms with Crippen LogP contribution in [0, 0.1) is 0 Å². The monoisotopic (exact) mass is 329 g/mol. The van der Waals surface area contributed by atoms with Gasteiger partial charge < -0.3 is 10.5 Å². The van der Waals surface area contributed by atoms with Gasteiger partial charge in [-0.05, 0) is 25.7 Å². The van der Waals surface area contributed by atoms with Crippen molar-refractivity contribution in [3.8, 4) is 0 Å². The standard InChI is InChI=1S/C17H35N3O3/c1-4-5-6-10-15-20(23)17(21)12-11-16(2)18-13-8-7-9-14-19(3)22/h18,22-23H,2,4-15H2,1,3H3. The number of hydroxylamine groups is 4. The van der Waals surface area contributed by atoms with Crippen LogP contribution in [0.4, 0.5) is 0 Å². The second-order valence-corrected chi connectivity index (χ2v) is 6.05. The van der Waals surface area contributed by atoms with E-state index in [1.165, 1.54) is 5.06 Å². The van der Waals surface area contributed by atoms with Gasteiger partial charge >= 0.3 is 0 Å². The molecule has 6 nitrogen and oxygen atoms in total. The van der Waals surface area contributed by atoms with Crippen molar-refractivity contribution in [3.63, 3.8) is 0 Å². The van der Waals surface area contributed by atoms with Crippen molar-refractivity contribution in [2.75, 3.05) is 26.7 Å². The molecule has 0 aromatic carbocycles. The smallest absolute Gasteiger partial charge is 0.246 e. The first-order valence-electron chi connectivity index (χ1n) is 8.78. The lowest BCUT2D eigenvalue weighted by Crippen LogP contribution is -2.28. The third kappa shape index (κ3) is 14.2. The second-order valence-electron chi connectivity index (χ2n) is 6.05. The van der Waals surface area contributed by atoms with Crippen molar-refractivity contribution < 1.29 is 15.2 Å². The summed E-state index contributed by atoms with van der Waals surface area (Å²) in [5.74, 6) is -0.240. The highest BCUT2D eigenvalue weighted by atomic mass is 16.5. The lowest BCUT2D eigenvalue weighted by atomic mass is 10.2. The molecule has 0 fully saturated rings. The van der Waals surface area contributed by atoms with Crippen LogP contribution in [0.15, 0.2) is 12.3 Å². The quantitative estimate of drug-likeness (QED) is 0.244. The summed E-state index contributed by atoms with van der Waals surface area (Å²) in [6.07, 6.45) is 7.99. The lowest BCUT2D eigenvalue weighted by Gasteiger charge is -2.15. The minimum Gasteiger partial charge on any atom is -0.389 e. The fourth-order valence-electron chi connectivity index (χ4n) is 2.20. The molecule has 0 rings (SSSR count). The van der Waals surface area contributed by atoms with E-state index in [1.807, 2.05) is 0 Å². The molecule has 23 heavy (non-hydrogen) atoms. The van der Waals surface area contributed by atoms with Gasteiger partial charge in [0.15, 0.2) is 0 Å². The van der Waals surface area contributed by atoms with E-state index in [-0.39, 0.29) is 12.3 Å². The highest BCUT2D eigenvalue weighted by Crippen LogP contribution is 2.05. The van der Waals surface area contributed by atoms with Crippen LogP contribution >= 0.6 is 0 Å². The Labute approximate surface area is 141 Å². The summed E-state index contributed by atoms with van der Waals surface area (Å²) in [5.41, 5.74) is 0.831. The van der Waals surface area contributed by atoms with E-state index in [4.69, 9.17) is 5.21 Å². The molecule has 0 atom stereocenters. The van der Waals surface area contributed by atoms with Crippen LogP contribution in [0.1, 0.15) is 64.7 Å². The summed E-state index contributed by atoms with van der Waals surface area (Å²) in [7, 11) is 1.64. The number of carbonyl (C=O) groups is 1. The average Bonchev–Trinajstić information content (AvgIpc) is 2.52. The Balaban J connectivity index is 3.57. The number of carbonyl (C=O) groups excluding carboxylic acids is 1. The van der Waals surface area contributed by atoms with Gasteiger partial charge in [-0.1, -0.05) is 39.2 Å². The van der Waals surface area contributed by atoms with Gasteiger partial charge in [0.25, 0.3) is 0 Å². The van der Waals surface area contributed by atoms with E-state index in [9.17, 15) is 10.0 Å². The molecule has 0 aliphatic heterocycles. The van der Waals surface area contributed by atoms with E-state index < -0.39 is 0 Å². The topological polar surface area (TPSA) is 76.0 Å². The number of amides is 1. The van der Waals surface area contributed by atoms with Crippen LogP contribution in [-0.2, 0) is 4.79 Å². The van der Waals surface area contributed by atoms with Gasteiger partial charge in [-0.25, -0.2) is 5.06 Å². The molecule has 0 radical (unpaired) electrons. The normalized spacial score (nSPS) is 10.8. The van der Waals surface area contributed by atoms with Crippen molar-refractivity contribution >= 4 is 5.91 Å². The Morgan fingerprint density at radius 2 is 1.65 bits per heavy atom. The van der Waals surface area contributed by atoms with Crippen LogP contribution in [0.2, 0.25) is 0 Å². The molecule has 0 aliphatic rings. The molecule has 0 saturated carbocycles. The van der Waals surface area contributed by atoms with Crippen LogP contribution < -0.4 is 5.32 Å². The Bertz CT molecular complexity index is 322. The van der Waals surface area contributed by atoms with Crippen molar-refractivity contribution in [1.29, 1.82) is 0 Å². The average molecular weight is 329 g/mol. The first kappa shape index (κ1) is 21.9. The number of hydrogen-bond acceptors (Lipinski definition) is 5. The van der Waals surface area contributed by atoms with Crippen LogP contribution in [0.25, 0.3) is 0 Å². The van der Waals surface area contributed by atoms with Crippen molar-refractivity contribution in [2.45, 2.75) is 64.7 Å². The highest BCUT2D eigenvalue weighted by Gasteiger charge is 2.10. The Hall–Kier alpha value is -1.11. The number of hydrogen-bond donors (Lipinski definition) is 3. The Kier molecular flexibility index (Phi) is 13.8. The summed E-state index contributed by atoms with van der Waals surface area (Å²) in [5, 5.41) is 23.9. The molecule has 0 spiro atoms. The van der Waals surface area contributed by atoms with E-state index in [0.717, 1.165) is 62.3 Å². The molecule has 6 heteroatoms. The zero-order chi connectivity index (χ0) is 17.5. The molecular weight excluding hydrogens is 294 g/mol. The Morgan fingerprint density at radius 1 is 1.00 bits per heavy atom. The number of rotatable bonds is 15. The zero-order valence-electron chi connectivity index (χ0n) is 14.9. The molecule has 136 valence electrons. The largest absolute Gasteiger partial charge is 0.389 e. The number of nitrogens with one attached hydrogen (secondary N) is 1. The molecular formula is C17H35N3O3. The van der Waals surface area contributed by atoms with Crippen LogP contribution in [0.3, 0.4) is 0 Å². The van der Waals surface area contributed by atoms with Gasteiger partial charge in [-0.15, -0.1) is 0 Å². The van der Waals surface area contributed by atoms with E-state index in [1.54, 1.807) is 7.05 Å². The predicted octanol–water partition coefficient (Wildman–Crippen LogP) is 3.16. The fraction of sp³-hybridized carbons (Fsp3) is 0.824. The first-order valence-corrected chi connectivity index (χ1v) is 8.78. The maximum Gasteiger partial charge on any atom is 0.246 e. The van der Waals surface area contributed by atoms with Gasteiger partial charge in [0.1, 0.15) is 0 Å². The van der Waals surface area contributed by atoms with Crippen LogP contribution in [-0.4, -0.2) is 53.1 Å². The van der Waals surface area contributed by atoms with Crippen LogP contribution in [0.5, 0.6) is 0 Å². The van der Waals surface area contributed by atoms with Gasteiger partial charge in [-0.3, -0.25) is 10.0 Å². The minimum absolute atomic E-state index is 0.240. The molecule has 0 aromatic heterocycles. The third-order valence-electron chi connectivity index (χ3n) is 3.69. The number of allylic oxidation sites excluding steroid dienone is 1. The molecule has 0 aliphatic carbocycles. The molecule has 3 N–H and O–H groups in total. The predicted molar refractivity (Wildman–Crippen MR) is 92.3 cm³/mol. The number of unbranched alkanes of at least 4 members (excludes halogenated alkanes) is 5. The summed E-state index contributed by atoms with van der Waals surface area (Å²) in [6, 6.07) is 0. The molecule has 0 saturated heterocycles. The van der Waals surface area contributed by atoms with Crippen molar-refractivity contribution in [3.05, 3.63) is 12.3 Å². The van der Waals surface area contributed by atoms with Crippen molar-refractivity contribution in [1.82, 2.24) is 15.4 Å². The third-order valence-corrected chi connectivity index (χ3v) is 3.69. The van der Waals surface area contributed by atoms with Gasteiger partial charge in [-0.2, -0.15) is 5.06 Å². The van der Waals surface area contributed by atoms with E-state index in [0.29, 0.717) is 19.5 Å². The molecule has 0 heterocycles. The first-order chi connectivity index (χ1) is 11.0. The molecule has 1 amide bonds. The van der Waals surface area contributed by atoms with Gasteiger partial charge in [0, 0.05) is 38.8 Å². The molecule has 0 aromatic rings. The lowest BCUT2D eigenvalue weighted by molar-refractivity contribution is -0.165. The highest BCUT2D eigenvalue weighted by molar-refractivity contribution is 5.75. The SMILES string of the molecule is C=C(CCC(=O)N(O)CCCCCC)NCCCCCN(C)O. The minimum atomic E-state index is -0.240. The summed E-state index contributed by atoms with van der Waals surface area (Å²) in [6.45, 7) is 7.95. The van der Waals surface area contributed by atoms with Crippen molar-refractivity contribution in [2.24, 2.45) is 0 Å². The summed E-state index contributed by atoms with van der Waals surface area (Å²) in [4.78, 5) is 11.8. The van der Waals surface area contributed by atoms with E-state index in [2.05, 4.69) is 18.8 Å². The number of nitrogens with zero attached hydrogens (tertiary/aromatic N) is 2. The Morgan fingerprint density at radius 3 is 2.30 bits per heavy atom. The van der Waals surface area contributed by atoms with Gasteiger partial charge in [0.05, 0.1) is 0 Å². The fourth-order valence-corrected chi connectivity index (χ4v) is 2.20. The molecule has 0 unspecified atom stereocenters. The molecule has 0 bridgehead atoms. The second kappa shape index (κ2) is 14.5. The maximum atomic E-state index is 11.8. The summed E-state index contributed by atoms with van der Waals surface area (Å²) < 4.78 is 0. The van der Waals surface area contributed by atoms with Gasteiger partial charge in [0.2, 0.25) is 5.91 Å². The maximum absolute atomic E-state index is 11.8.